The molecule has 1 fully saturated rings. The van der Waals surface area contributed by atoms with Crippen LogP contribution >= 0.6 is 0 Å². The monoisotopic (exact) mass is 231 g/mol. The number of hydrogen-bond donors (Lipinski definition) is 1. The SMILES string of the molecule is c1ccc2c(c1)OCC2CNC1CCCCC1. The van der Waals surface area contributed by atoms with Crippen molar-refractivity contribution in [1.82, 2.24) is 5.32 Å². The molecule has 2 nitrogen and oxygen atoms in total. The third kappa shape index (κ3) is 2.47. The van der Waals surface area contributed by atoms with Crippen molar-refractivity contribution in [2.45, 2.75) is 44.1 Å². The Morgan fingerprint density at radius 3 is 2.82 bits per heavy atom. The van der Waals surface area contributed by atoms with Gasteiger partial charge in [0.15, 0.2) is 0 Å². The summed E-state index contributed by atoms with van der Waals surface area (Å²) < 4.78 is 5.71. The Balaban J connectivity index is 1.56. The van der Waals surface area contributed by atoms with Crippen LogP contribution in [-0.2, 0) is 0 Å². The first-order chi connectivity index (χ1) is 8.43. The van der Waals surface area contributed by atoms with Gasteiger partial charge in [0.2, 0.25) is 0 Å². The summed E-state index contributed by atoms with van der Waals surface area (Å²) in [7, 11) is 0. The molecule has 17 heavy (non-hydrogen) atoms. The molecule has 0 saturated heterocycles. The molecule has 1 aliphatic heterocycles. The van der Waals surface area contributed by atoms with E-state index in [1.807, 2.05) is 0 Å². The lowest BCUT2D eigenvalue weighted by Crippen LogP contribution is -2.34. The van der Waals surface area contributed by atoms with Crippen molar-refractivity contribution in [1.29, 1.82) is 0 Å². The van der Waals surface area contributed by atoms with Crippen LogP contribution in [0.25, 0.3) is 0 Å². The Bertz CT molecular complexity index is 371. The van der Waals surface area contributed by atoms with Crippen LogP contribution in [0, 0.1) is 0 Å². The van der Waals surface area contributed by atoms with Gasteiger partial charge in [0.25, 0.3) is 0 Å². The first-order valence-corrected chi connectivity index (χ1v) is 6.88. The summed E-state index contributed by atoms with van der Waals surface area (Å²) in [6.07, 6.45) is 6.93. The zero-order chi connectivity index (χ0) is 11.5. The van der Waals surface area contributed by atoms with Gasteiger partial charge in [0.05, 0.1) is 6.61 Å². The third-order valence-electron chi connectivity index (χ3n) is 4.06. The van der Waals surface area contributed by atoms with Crippen molar-refractivity contribution >= 4 is 0 Å². The average Bonchev–Trinajstić information content (AvgIpc) is 2.81. The predicted octanol–water partition coefficient (Wildman–Crippen LogP) is 3.08. The molecule has 1 aromatic carbocycles. The molecule has 92 valence electrons. The summed E-state index contributed by atoms with van der Waals surface area (Å²) in [5.41, 5.74) is 1.39. The minimum Gasteiger partial charge on any atom is -0.493 e. The van der Waals surface area contributed by atoms with E-state index >= 15 is 0 Å². The Kier molecular flexibility index (Phi) is 3.32. The van der Waals surface area contributed by atoms with Gasteiger partial charge in [-0.15, -0.1) is 0 Å². The molecule has 3 rings (SSSR count). The van der Waals surface area contributed by atoms with Crippen LogP contribution in [0.2, 0.25) is 0 Å². The summed E-state index contributed by atoms with van der Waals surface area (Å²) in [5.74, 6) is 1.64. The van der Waals surface area contributed by atoms with Gasteiger partial charge >= 0.3 is 0 Å². The van der Waals surface area contributed by atoms with Crippen LogP contribution in [-0.4, -0.2) is 19.2 Å². The highest BCUT2D eigenvalue weighted by molar-refractivity contribution is 5.39. The normalized spacial score (nSPS) is 24.4. The summed E-state index contributed by atoms with van der Waals surface area (Å²) in [4.78, 5) is 0. The van der Waals surface area contributed by atoms with Crippen molar-refractivity contribution in [3.8, 4) is 5.75 Å². The van der Waals surface area contributed by atoms with Crippen LogP contribution in [0.5, 0.6) is 5.75 Å². The van der Waals surface area contributed by atoms with Crippen molar-refractivity contribution < 1.29 is 4.74 Å². The molecule has 1 aliphatic carbocycles. The summed E-state index contributed by atoms with van der Waals surface area (Å²) in [6, 6.07) is 9.19. The number of rotatable bonds is 3. The van der Waals surface area contributed by atoms with E-state index in [0.29, 0.717) is 5.92 Å². The Labute approximate surface area is 103 Å². The second-order valence-corrected chi connectivity index (χ2v) is 5.29. The second-order valence-electron chi connectivity index (χ2n) is 5.29. The number of para-hydroxylation sites is 1. The highest BCUT2D eigenvalue weighted by atomic mass is 16.5. The molecule has 0 radical (unpaired) electrons. The summed E-state index contributed by atoms with van der Waals surface area (Å²) in [6.45, 7) is 1.92. The van der Waals surface area contributed by atoms with Gasteiger partial charge < -0.3 is 10.1 Å². The van der Waals surface area contributed by atoms with E-state index < -0.39 is 0 Å². The van der Waals surface area contributed by atoms with Gasteiger partial charge in [0, 0.05) is 24.1 Å². The topological polar surface area (TPSA) is 21.3 Å². The maximum atomic E-state index is 5.71. The van der Waals surface area contributed by atoms with Crippen LogP contribution in [0.3, 0.4) is 0 Å². The van der Waals surface area contributed by atoms with E-state index in [1.54, 1.807) is 0 Å². The number of benzene rings is 1. The molecule has 0 amide bonds. The van der Waals surface area contributed by atoms with E-state index in [9.17, 15) is 0 Å². The van der Waals surface area contributed by atoms with Gasteiger partial charge in [-0.25, -0.2) is 0 Å². The fourth-order valence-corrected chi connectivity index (χ4v) is 3.01. The summed E-state index contributed by atoms with van der Waals surface area (Å²) >= 11 is 0. The highest BCUT2D eigenvalue weighted by Gasteiger charge is 2.24. The molecule has 1 aromatic rings. The molecule has 0 bridgehead atoms. The molecular formula is C15H21NO. The lowest BCUT2D eigenvalue weighted by atomic mass is 9.94. The van der Waals surface area contributed by atoms with Crippen LogP contribution < -0.4 is 10.1 Å². The molecule has 2 aliphatic rings. The van der Waals surface area contributed by atoms with Gasteiger partial charge in [-0.3, -0.25) is 0 Å². The molecule has 1 unspecified atom stereocenters. The van der Waals surface area contributed by atoms with Crippen molar-refractivity contribution in [2.75, 3.05) is 13.2 Å². The number of fused-ring (bicyclic) bond motifs is 1. The largest absolute Gasteiger partial charge is 0.493 e. The van der Waals surface area contributed by atoms with Gasteiger partial charge in [0.1, 0.15) is 5.75 Å². The van der Waals surface area contributed by atoms with E-state index in [1.165, 1.54) is 37.7 Å². The maximum absolute atomic E-state index is 5.71. The zero-order valence-electron chi connectivity index (χ0n) is 10.3. The van der Waals surface area contributed by atoms with Crippen LogP contribution in [0.4, 0.5) is 0 Å². The van der Waals surface area contributed by atoms with Crippen molar-refractivity contribution in [3.05, 3.63) is 29.8 Å². The Morgan fingerprint density at radius 1 is 1.12 bits per heavy atom. The molecule has 1 saturated carbocycles. The fourth-order valence-electron chi connectivity index (χ4n) is 3.01. The van der Waals surface area contributed by atoms with Crippen LogP contribution in [0.1, 0.15) is 43.6 Å². The molecule has 1 atom stereocenters. The minimum absolute atomic E-state index is 0.549. The third-order valence-corrected chi connectivity index (χ3v) is 4.06. The van der Waals surface area contributed by atoms with E-state index in [-0.39, 0.29) is 0 Å². The van der Waals surface area contributed by atoms with E-state index in [2.05, 4.69) is 29.6 Å². The lowest BCUT2D eigenvalue weighted by Gasteiger charge is -2.24. The molecule has 0 spiro atoms. The van der Waals surface area contributed by atoms with Gasteiger partial charge in [-0.05, 0) is 18.9 Å². The van der Waals surface area contributed by atoms with Gasteiger partial charge in [-0.2, -0.15) is 0 Å². The number of ether oxygens (including phenoxy) is 1. The molecule has 2 heteroatoms. The first kappa shape index (κ1) is 11.1. The maximum Gasteiger partial charge on any atom is 0.122 e. The molecule has 1 heterocycles. The lowest BCUT2D eigenvalue weighted by molar-refractivity contribution is 0.310. The molecular weight excluding hydrogens is 210 g/mol. The van der Waals surface area contributed by atoms with E-state index in [4.69, 9.17) is 4.74 Å². The smallest absolute Gasteiger partial charge is 0.122 e. The zero-order valence-corrected chi connectivity index (χ0v) is 10.3. The van der Waals surface area contributed by atoms with Crippen molar-refractivity contribution in [2.24, 2.45) is 0 Å². The van der Waals surface area contributed by atoms with Crippen molar-refractivity contribution in [3.63, 3.8) is 0 Å². The average molecular weight is 231 g/mol. The molecule has 1 N–H and O–H groups in total. The Hall–Kier alpha value is -1.02. The number of hydrogen-bond acceptors (Lipinski definition) is 2. The predicted molar refractivity (Wildman–Crippen MR) is 69.6 cm³/mol. The van der Waals surface area contributed by atoms with Gasteiger partial charge in [-0.1, -0.05) is 37.5 Å². The number of nitrogens with one attached hydrogen (secondary N) is 1. The van der Waals surface area contributed by atoms with Crippen LogP contribution in [0.15, 0.2) is 24.3 Å². The Morgan fingerprint density at radius 2 is 1.94 bits per heavy atom. The minimum atomic E-state index is 0.549. The van der Waals surface area contributed by atoms with E-state index in [0.717, 1.165) is 24.9 Å². The second kappa shape index (κ2) is 5.09. The summed E-state index contributed by atoms with van der Waals surface area (Å²) in [5, 5.41) is 3.72. The fraction of sp³-hybridized carbons (Fsp3) is 0.600. The standard InChI is InChI=1S/C15H21NO/c1-2-6-13(7-3-1)16-10-12-11-17-15-9-5-4-8-14(12)15/h4-5,8-9,12-13,16H,1-3,6-7,10-11H2. The highest BCUT2D eigenvalue weighted by Crippen LogP contribution is 2.33. The quantitative estimate of drug-likeness (QED) is 0.863. The molecule has 0 aromatic heterocycles. The first-order valence-electron chi connectivity index (χ1n) is 6.88.